The Labute approximate surface area is 108 Å². The van der Waals surface area contributed by atoms with Crippen LogP contribution >= 0.6 is 0 Å². The standard InChI is InChI=1S/C15H19N3/c1-14(2,15(16)8-9-15)12-4-6-13(7-5-12)18-11-3-10-17-18/h3-7,10-11H,8-9,16H2,1-2H3. The molecule has 3 rings (SSSR count). The van der Waals surface area contributed by atoms with E-state index in [4.69, 9.17) is 5.73 Å². The maximum Gasteiger partial charge on any atom is 0.0645 e. The van der Waals surface area contributed by atoms with Gasteiger partial charge < -0.3 is 5.73 Å². The number of benzene rings is 1. The van der Waals surface area contributed by atoms with Crippen LogP contribution in [0.15, 0.2) is 42.7 Å². The van der Waals surface area contributed by atoms with Crippen molar-refractivity contribution in [1.29, 1.82) is 0 Å². The number of hydrogen-bond donors (Lipinski definition) is 1. The average Bonchev–Trinajstić information content (AvgIpc) is 2.94. The summed E-state index contributed by atoms with van der Waals surface area (Å²) in [5.41, 5.74) is 8.78. The van der Waals surface area contributed by atoms with Gasteiger partial charge in [-0.2, -0.15) is 5.10 Å². The molecule has 1 aromatic carbocycles. The molecule has 0 atom stereocenters. The normalized spacial score (nSPS) is 17.7. The number of nitrogens with zero attached hydrogens (tertiary/aromatic N) is 2. The summed E-state index contributed by atoms with van der Waals surface area (Å²) in [7, 11) is 0. The fourth-order valence-corrected chi connectivity index (χ4v) is 2.50. The Balaban J connectivity index is 1.92. The van der Waals surface area contributed by atoms with Crippen LogP contribution < -0.4 is 5.73 Å². The van der Waals surface area contributed by atoms with Crippen molar-refractivity contribution in [3.8, 4) is 5.69 Å². The monoisotopic (exact) mass is 241 g/mol. The molecular formula is C15H19N3. The van der Waals surface area contributed by atoms with Gasteiger partial charge in [-0.05, 0) is 36.6 Å². The van der Waals surface area contributed by atoms with Crippen LogP contribution in [-0.4, -0.2) is 15.3 Å². The molecule has 1 heterocycles. The molecular weight excluding hydrogens is 222 g/mol. The zero-order valence-electron chi connectivity index (χ0n) is 10.9. The Kier molecular flexibility index (Phi) is 2.35. The third-order valence-electron chi connectivity index (χ3n) is 4.39. The predicted molar refractivity (Wildman–Crippen MR) is 72.7 cm³/mol. The van der Waals surface area contributed by atoms with E-state index in [1.807, 2.05) is 16.9 Å². The lowest BCUT2D eigenvalue weighted by molar-refractivity contribution is 0.391. The van der Waals surface area contributed by atoms with Crippen LogP contribution in [0.5, 0.6) is 0 Å². The molecule has 0 spiro atoms. The minimum atomic E-state index is -0.0137. The van der Waals surface area contributed by atoms with Gasteiger partial charge >= 0.3 is 0 Å². The molecule has 1 aliphatic carbocycles. The summed E-state index contributed by atoms with van der Waals surface area (Å²) in [6, 6.07) is 10.5. The molecule has 0 amide bonds. The lowest BCUT2D eigenvalue weighted by Gasteiger charge is -2.32. The lowest BCUT2D eigenvalue weighted by atomic mass is 9.76. The van der Waals surface area contributed by atoms with E-state index in [0.29, 0.717) is 0 Å². The van der Waals surface area contributed by atoms with Crippen molar-refractivity contribution < 1.29 is 0 Å². The summed E-state index contributed by atoms with van der Waals surface area (Å²) in [4.78, 5) is 0. The van der Waals surface area contributed by atoms with Gasteiger partial charge in [0.2, 0.25) is 0 Å². The van der Waals surface area contributed by atoms with E-state index < -0.39 is 0 Å². The molecule has 18 heavy (non-hydrogen) atoms. The second-order valence-corrected chi connectivity index (χ2v) is 5.78. The van der Waals surface area contributed by atoms with Gasteiger partial charge in [-0.3, -0.25) is 0 Å². The van der Waals surface area contributed by atoms with E-state index in [2.05, 4.69) is 43.2 Å². The topological polar surface area (TPSA) is 43.8 Å². The van der Waals surface area contributed by atoms with E-state index in [1.54, 1.807) is 6.20 Å². The van der Waals surface area contributed by atoms with Crippen LogP contribution in [0.3, 0.4) is 0 Å². The molecule has 94 valence electrons. The fourth-order valence-electron chi connectivity index (χ4n) is 2.50. The summed E-state index contributed by atoms with van der Waals surface area (Å²) in [5, 5.41) is 4.23. The van der Waals surface area contributed by atoms with E-state index in [1.165, 1.54) is 5.56 Å². The zero-order valence-corrected chi connectivity index (χ0v) is 10.9. The highest BCUT2D eigenvalue weighted by Gasteiger charge is 2.51. The number of rotatable bonds is 3. The molecule has 0 saturated heterocycles. The second-order valence-electron chi connectivity index (χ2n) is 5.78. The van der Waals surface area contributed by atoms with Crippen LogP contribution in [-0.2, 0) is 5.41 Å². The molecule has 0 unspecified atom stereocenters. The maximum absolute atomic E-state index is 6.37. The second kappa shape index (κ2) is 3.69. The number of aromatic nitrogens is 2. The Morgan fingerprint density at radius 3 is 2.39 bits per heavy atom. The predicted octanol–water partition coefficient (Wildman–Crippen LogP) is 2.64. The molecule has 3 nitrogen and oxygen atoms in total. The first-order valence-corrected chi connectivity index (χ1v) is 6.42. The third-order valence-corrected chi connectivity index (χ3v) is 4.39. The summed E-state index contributed by atoms with van der Waals surface area (Å²) >= 11 is 0. The smallest absolute Gasteiger partial charge is 0.0645 e. The van der Waals surface area contributed by atoms with Gasteiger partial charge in [-0.25, -0.2) is 4.68 Å². The van der Waals surface area contributed by atoms with Crippen molar-refractivity contribution in [2.75, 3.05) is 0 Å². The van der Waals surface area contributed by atoms with Crippen LogP contribution in [0.4, 0.5) is 0 Å². The first-order chi connectivity index (χ1) is 8.53. The molecule has 0 bridgehead atoms. The van der Waals surface area contributed by atoms with Crippen molar-refractivity contribution in [3.05, 3.63) is 48.3 Å². The summed E-state index contributed by atoms with van der Waals surface area (Å²) < 4.78 is 1.87. The van der Waals surface area contributed by atoms with E-state index in [-0.39, 0.29) is 11.0 Å². The molecule has 1 aromatic heterocycles. The molecule has 0 aliphatic heterocycles. The fraction of sp³-hybridized carbons (Fsp3) is 0.400. The average molecular weight is 241 g/mol. The third kappa shape index (κ3) is 1.66. The molecule has 2 N–H and O–H groups in total. The summed E-state index contributed by atoms with van der Waals surface area (Å²) in [6.07, 6.45) is 5.99. The van der Waals surface area contributed by atoms with Gasteiger partial charge in [-0.15, -0.1) is 0 Å². The van der Waals surface area contributed by atoms with Crippen molar-refractivity contribution in [3.63, 3.8) is 0 Å². The number of hydrogen-bond acceptors (Lipinski definition) is 2. The SMILES string of the molecule is CC(C)(c1ccc(-n2cccn2)cc1)C1(N)CC1. The first kappa shape index (κ1) is 11.5. The van der Waals surface area contributed by atoms with Crippen molar-refractivity contribution in [2.24, 2.45) is 5.73 Å². The molecule has 3 heteroatoms. The highest BCUT2D eigenvalue weighted by Crippen LogP contribution is 2.49. The molecule has 1 saturated carbocycles. The molecule has 0 radical (unpaired) electrons. The van der Waals surface area contributed by atoms with Gasteiger partial charge in [-0.1, -0.05) is 26.0 Å². The van der Waals surface area contributed by atoms with Gasteiger partial charge in [0.25, 0.3) is 0 Å². The quantitative estimate of drug-likeness (QED) is 0.897. The van der Waals surface area contributed by atoms with Crippen LogP contribution in [0.25, 0.3) is 5.69 Å². The Morgan fingerprint density at radius 1 is 1.22 bits per heavy atom. The van der Waals surface area contributed by atoms with Gasteiger partial charge in [0, 0.05) is 23.3 Å². The van der Waals surface area contributed by atoms with E-state index in [9.17, 15) is 0 Å². The maximum atomic E-state index is 6.37. The van der Waals surface area contributed by atoms with Gasteiger partial charge in [0.1, 0.15) is 0 Å². The molecule has 2 aromatic rings. The van der Waals surface area contributed by atoms with Gasteiger partial charge in [0.05, 0.1) is 5.69 Å². The highest BCUT2D eigenvalue weighted by molar-refractivity contribution is 5.39. The van der Waals surface area contributed by atoms with Crippen molar-refractivity contribution >= 4 is 0 Å². The van der Waals surface area contributed by atoms with Crippen molar-refractivity contribution in [2.45, 2.75) is 37.6 Å². The largest absolute Gasteiger partial charge is 0.324 e. The summed E-state index contributed by atoms with van der Waals surface area (Å²) in [6.45, 7) is 4.48. The van der Waals surface area contributed by atoms with Crippen LogP contribution in [0.1, 0.15) is 32.3 Å². The lowest BCUT2D eigenvalue weighted by Crippen LogP contribution is -2.43. The molecule has 1 aliphatic rings. The van der Waals surface area contributed by atoms with Crippen molar-refractivity contribution in [1.82, 2.24) is 9.78 Å². The minimum Gasteiger partial charge on any atom is -0.324 e. The number of nitrogens with two attached hydrogens (primary N) is 1. The Bertz CT molecular complexity index is 534. The highest BCUT2D eigenvalue weighted by atomic mass is 15.3. The zero-order chi connectivity index (χ0) is 12.8. The van der Waals surface area contributed by atoms with Crippen LogP contribution in [0.2, 0.25) is 0 Å². The van der Waals surface area contributed by atoms with E-state index in [0.717, 1.165) is 18.5 Å². The Morgan fingerprint density at radius 2 is 1.89 bits per heavy atom. The Hall–Kier alpha value is -1.61. The van der Waals surface area contributed by atoms with Gasteiger partial charge in [0.15, 0.2) is 0 Å². The molecule has 1 fully saturated rings. The first-order valence-electron chi connectivity index (χ1n) is 6.42. The van der Waals surface area contributed by atoms with Crippen LogP contribution in [0, 0.1) is 0 Å². The van der Waals surface area contributed by atoms with E-state index >= 15 is 0 Å². The minimum absolute atomic E-state index is 0.0137. The summed E-state index contributed by atoms with van der Waals surface area (Å²) in [5.74, 6) is 0.